The van der Waals surface area contributed by atoms with Crippen LogP contribution in [0, 0.1) is 17.1 Å². The first kappa shape index (κ1) is 19.0. The van der Waals surface area contributed by atoms with E-state index in [-0.39, 0.29) is 16.8 Å². The summed E-state index contributed by atoms with van der Waals surface area (Å²) in [7, 11) is 0. The number of halogens is 2. The zero-order valence-electron chi connectivity index (χ0n) is 16.0. The van der Waals surface area contributed by atoms with E-state index < -0.39 is 11.2 Å². The number of aromatic nitrogens is 3. The summed E-state index contributed by atoms with van der Waals surface area (Å²) in [5.74, 6) is 0.193. The van der Waals surface area contributed by atoms with Crippen molar-refractivity contribution < 1.29 is 9.13 Å². The first-order chi connectivity index (χ1) is 14.6. The molecule has 3 aromatic rings. The molecule has 3 heterocycles. The van der Waals surface area contributed by atoms with Gasteiger partial charge in [0.25, 0.3) is 0 Å². The number of benzene rings is 1. The van der Waals surface area contributed by atoms with Crippen molar-refractivity contribution in [3.05, 3.63) is 47.0 Å². The average Bonchev–Trinajstić information content (AvgIpc) is 3.39. The largest absolute Gasteiger partial charge is 0.473 e. The molecule has 1 aromatic carbocycles. The molecule has 1 atom stereocenters. The maximum Gasteiger partial charge on any atom is 0.214 e. The van der Waals surface area contributed by atoms with Gasteiger partial charge in [0.1, 0.15) is 17.9 Å². The zero-order chi connectivity index (χ0) is 20.7. The van der Waals surface area contributed by atoms with Crippen molar-refractivity contribution in [1.82, 2.24) is 20.3 Å². The van der Waals surface area contributed by atoms with Crippen LogP contribution in [-0.4, -0.2) is 34.1 Å². The summed E-state index contributed by atoms with van der Waals surface area (Å²) in [5, 5.41) is 15.6. The molecule has 0 spiro atoms. The minimum Gasteiger partial charge on any atom is -0.473 e. The lowest BCUT2D eigenvalue weighted by Crippen LogP contribution is -2.20. The van der Waals surface area contributed by atoms with Crippen molar-refractivity contribution in [2.24, 2.45) is 0 Å². The van der Waals surface area contributed by atoms with Gasteiger partial charge in [0.05, 0.1) is 27.7 Å². The number of ether oxygens (including phenoxy) is 1. The monoisotopic (exact) mass is 424 g/mol. The van der Waals surface area contributed by atoms with Crippen molar-refractivity contribution in [3.8, 4) is 11.9 Å². The first-order valence-electron chi connectivity index (χ1n) is 9.75. The Bertz CT molecular complexity index is 1170. The van der Waals surface area contributed by atoms with Gasteiger partial charge in [-0.1, -0.05) is 17.7 Å². The van der Waals surface area contributed by atoms with Gasteiger partial charge in [0, 0.05) is 12.6 Å². The maximum absolute atomic E-state index is 15.0. The normalized spacial score (nSPS) is 19.4. The van der Waals surface area contributed by atoms with Crippen LogP contribution in [0.3, 0.4) is 0 Å². The molecule has 1 saturated carbocycles. The summed E-state index contributed by atoms with van der Waals surface area (Å²) in [4.78, 5) is 13.0. The fourth-order valence-electron chi connectivity index (χ4n) is 3.69. The minimum absolute atomic E-state index is 0.0388. The fraction of sp³-hybridized carbons (Fsp3) is 0.333. The van der Waals surface area contributed by atoms with Gasteiger partial charge in [-0.3, -0.25) is 0 Å². The molecule has 2 fully saturated rings. The summed E-state index contributed by atoms with van der Waals surface area (Å²) in [6.45, 7) is 1.69. The molecule has 5 rings (SSSR count). The van der Waals surface area contributed by atoms with E-state index >= 15 is 0 Å². The number of nitrogens with one attached hydrogen (secondary N) is 2. The Kier molecular flexibility index (Phi) is 4.65. The highest BCUT2D eigenvalue weighted by molar-refractivity contribution is 6.32. The Morgan fingerprint density at radius 3 is 2.87 bits per heavy atom. The number of nitriles is 1. The van der Waals surface area contributed by atoms with Crippen molar-refractivity contribution >= 4 is 34.1 Å². The van der Waals surface area contributed by atoms with Crippen LogP contribution in [0.1, 0.15) is 24.8 Å². The summed E-state index contributed by atoms with van der Waals surface area (Å²) in [6, 6.07) is 9.08. The average molecular weight is 425 g/mol. The summed E-state index contributed by atoms with van der Waals surface area (Å²) in [6.07, 6.45) is 3.74. The summed E-state index contributed by atoms with van der Waals surface area (Å²) < 4.78 is 20.9. The molecule has 2 aromatic heterocycles. The van der Waals surface area contributed by atoms with Gasteiger partial charge < -0.3 is 15.4 Å². The Morgan fingerprint density at radius 2 is 2.13 bits per heavy atom. The second-order valence-electron chi connectivity index (χ2n) is 7.58. The van der Waals surface area contributed by atoms with Crippen molar-refractivity contribution in [1.29, 1.82) is 5.26 Å². The van der Waals surface area contributed by atoms with Crippen LogP contribution in [-0.2, 0) is 5.41 Å². The highest BCUT2D eigenvalue weighted by atomic mass is 35.5. The minimum atomic E-state index is -0.666. The number of hydrogen-bond acceptors (Lipinski definition) is 7. The molecule has 30 heavy (non-hydrogen) atoms. The van der Waals surface area contributed by atoms with E-state index in [1.165, 1.54) is 6.33 Å². The standard InChI is InChI=1S/C21H18ClFN6O/c22-17-13(21(10-24)6-7-21)1-2-14(18(17)23)28-20-19-15(26-11-27-20)3-4-16(29-19)30-12-5-8-25-9-12/h1-4,11-12,25H,5-9H2,(H,26,27,28)/t12-/m0/s1. The smallest absolute Gasteiger partial charge is 0.214 e. The van der Waals surface area contributed by atoms with Gasteiger partial charge in [0.2, 0.25) is 5.88 Å². The van der Waals surface area contributed by atoms with Crippen LogP contribution in [0.25, 0.3) is 11.0 Å². The molecule has 2 aliphatic rings. The fourth-order valence-corrected chi connectivity index (χ4v) is 4.03. The number of fused-ring (bicyclic) bond motifs is 1. The van der Waals surface area contributed by atoms with Crippen molar-refractivity contribution in [3.63, 3.8) is 0 Å². The van der Waals surface area contributed by atoms with Crippen molar-refractivity contribution in [2.75, 3.05) is 18.4 Å². The highest BCUT2D eigenvalue weighted by Gasteiger charge is 2.46. The van der Waals surface area contributed by atoms with E-state index in [9.17, 15) is 9.65 Å². The quantitative estimate of drug-likeness (QED) is 0.642. The van der Waals surface area contributed by atoms with Crippen LogP contribution in [0.5, 0.6) is 5.88 Å². The SMILES string of the molecule is N#CC1(c2ccc(Nc3ncnc4ccc(O[C@H]5CCNC5)nc34)c(F)c2Cl)CC1. The van der Waals surface area contributed by atoms with Gasteiger partial charge >= 0.3 is 0 Å². The topological polar surface area (TPSA) is 95.8 Å². The molecular weight excluding hydrogens is 407 g/mol. The van der Waals surface area contributed by atoms with E-state index in [1.807, 2.05) is 0 Å². The third-order valence-corrected chi connectivity index (χ3v) is 5.94. The predicted molar refractivity (Wildman–Crippen MR) is 110 cm³/mol. The molecule has 0 radical (unpaired) electrons. The summed E-state index contributed by atoms with van der Waals surface area (Å²) in [5.41, 5.74) is 1.10. The van der Waals surface area contributed by atoms with Crippen LogP contribution < -0.4 is 15.4 Å². The molecule has 9 heteroatoms. The molecular formula is C21H18ClFN6O. The molecule has 1 aliphatic heterocycles. The summed E-state index contributed by atoms with van der Waals surface area (Å²) >= 11 is 6.27. The lowest BCUT2D eigenvalue weighted by molar-refractivity contribution is 0.215. The van der Waals surface area contributed by atoms with Crippen LogP contribution >= 0.6 is 11.6 Å². The molecule has 152 valence electrons. The van der Waals surface area contributed by atoms with Crippen LogP contribution in [0.4, 0.5) is 15.9 Å². The number of pyridine rings is 1. The Balaban J connectivity index is 1.47. The van der Waals surface area contributed by atoms with Crippen LogP contribution in [0.2, 0.25) is 5.02 Å². The van der Waals surface area contributed by atoms with Gasteiger partial charge in [-0.2, -0.15) is 5.26 Å². The molecule has 2 N–H and O–H groups in total. The molecule has 1 aliphatic carbocycles. The third-order valence-electron chi connectivity index (χ3n) is 5.57. The van der Waals surface area contributed by atoms with E-state index in [0.29, 0.717) is 41.1 Å². The van der Waals surface area contributed by atoms with E-state index in [2.05, 4.69) is 31.7 Å². The molecule has 7 nitrogen and oxygen atoms in total. The van der Waals surface area contributed by atoms with E-state index in [1.54, 1.807) is 24.3 Å². The van der Waals surface area contributed by atoms with Crippen LogP contribution in [0.15, 0.2) is 30.6 Å². The lowest BCUT2D eigenvalue weighted by Gasteiger charge is -2.15. The highest BCUT2D eigenvalue weighted by Crippen LogP contribution is 2.51. The van der Waals surface area contributed by atoms with Crippen molar-refractivity contribution in [2.45, 2.75) is 30.8 Å². The van der Waals surface area contributed by atoms with Gasteiger partial charge in [-0.25, -0.2) is 19.3 Å². The Hall–Kier alpha value is -3.02. The van der Waals surface area contributed by atoms with Gasteiger partial charge in [-0.15, -0.1) is 0 Å². The number of hydrogen-bond donors (Lipinski definition) is 2. The van der Waals surface area contributed by atoms with Gasteiger partial charge in [-0.05, 0) is 43.5 Å². The Morgan fingerprint density at radius 1 is 1.27 bits per heavy atom. The van der Waals surface area contributed by atoms with E-state index in [0.717, 1.165) is 19.5 Å². The third kappa shape index (κ3) is 3.30. The maximum atomic E-state index is 15.0. The molecule has 0 unspecified atom stereocenters. The molecule has 0 amide bonds. The van der Waals surface area contributed by atoms with E-state index in [4.69, 9.17) is 16.3 Å². The zero-order valence-corrected chi connectivity index (χ0v) is 16.7. The molecule has 0 bridgehead atoms. The number of nitrogens with zero attached hydrogens (tertiary/aromatic N) is 4. The number of rotatable bonds is 5. The Labute approximate surface area is 177 Å². The number of anilines is 2. The van der Waals surface area contributed by atoms with Gasteiger partial charge in [0.15, 0.2) is 11.6 Å². The lowest BCUT2D eigenvalue weighted by atomic mass is 9.97. The molecule has 1 saturated heterocycles. The predicted octanol–water partition coefficient (Wildman–Crippen LogP) is 3.86. The second kappa shape index (κ2) is 7.35. The first-order valence-corrected chi connectivity index (χ1v) is 10.1. The second-order valence-corrected chi connectivity index (χ2v) is 7.96.